The molecular formula is C14H17FO2. The highest BCUT2D eigenvalue weighted by molar-refractivity contribution is 5.66. The van der Waals surface area contributed by atoms with E-state index in [4.69, 9.17) is 4.74 Å². The van der Waals surface area contributed by atoms with Crippen LogP contribution < -0.4 is 0 Å². The van der Waals surface area contributed by atoms with Crippen molar-refractivity contribution in [2.45, 2.75) is 44.6 Å². The highest BCUT2D eigenvalue weighted by Gasteiger charge is 2.36. The molecule has 0 amide bonds. The summed E-state index contributed by atoms with van der Waals surface area (Å²) in [6, 6.07) is 6.43. The van der Waals surface area contributed by atoms with Crippen LogP contribution in [0.4, 0.5) is 4.39 Å². The van der Waals surface area contributed by atoms with Gasteiger partial charge in [0.05, 0.1) is 0 Å². The Hall–Kier alpha value is -1.38. The second kappa shape index (κ2) is 4.86. The Kier molecular flexibility index (Phi) is 3.46. The van der Waals surface area contributed by atoms with Gasteiger partial charge < -0.3 is 4.74 Å². The fourth-order valence-corrected chi connectivity index (χ4v) is 2.61. The molecule has 1 saturated carbocycles. The minimum Gasteiger partial charge on any atom is -0.459 e. The smallest absolute Gasteiger partial charge is 0.303 e. The van der Waals surface area contributed by atoms with Gasteiger partial charge in [0.25, 0.3) is 0 Å². The molecule has 0 heterocycles. The molecule has 0 atom stereocenters. The second-order valence-corrected chi connectivity index (χ2v) is 4.79. The average Bonchev–Trinajstić information content (AvgIpc) is 2.69. The molecule has 0 radical (unpaired) electrons. The molecule has 3 heteroatoms. The van der Waals surface area contributed by atoms with Crippen LogP contribution in [0.25, 0.3) is 0 Å². The Morgan fingerprint density at radius 2 is 1.88 bits per heavy atom. The minimum atomic E-state index is -0.357. The number of rotatable bonds is 3. The van der Waals surface area contributed by atoms with E-state index in [1.165, 1.54) is 19.1 Å². The van der Waals surface area contributed by atoms with E-state index in [1.54, 1.807) is 12.1 Å². The molecule has 2 rings (SSSR count). The van der Waals surface area contributed by atoms with Crippen LogP contribution in [0.15, 0.2) is 24.3 Å². The maximum absolute atomic E-state index is 12.8. The summed E-state index contributed by atoms with van der Waals surface area (Å²) >= 11 is 0. The van der Waals surface area contributed by atoms with Crippen LogP contribution in [-0.4, -0.2) is 11.6 Å². The van der Waals surface area contributed by atoms with Crippen LogP contribution in [0.3, 0.4) is 0 Å². The molecule has 1 aliphatic rings. The third-order valence-electron chi connectivity index (χ3n) is 3.31. The maximum Gasteiger partial charge on any atom is 0.303 e. The van der Waals surface area contributed by atoms with Gasteiger partial charge >= 0.3 is 5.97 Å². The summed E-state index contributed by atoms with van der Waals surface area (Å²) < 4.78 is 18.3. The Labute approximate surface area is 101 Å². The highest BCUT2D eigenvalue weighted by Crippen LogP contribution is 2.36. The van der Waals surface area contributed by atoms with Crippen molar-refractivity contribution in [3.8, 4) is 0 Å². The fraction of sp³-hybridized carbons (Fsp3) is 0.500. The first-order valence-electron chi connectivity index (χ1n) is 6.04. The fourth-order valence-electron chi connectivity index (χ4n) is 2.61. The maximum atomic E-state index is 12.8. The SMILES string of the molecule is CC(=O)OC1(Cc2ccc(F)cc2)CCCC1. The second-order valence-electron chi connectivity index (χ2n) is 4.79. The lowest BCUT2D eigenvalue weighted by molar-refractivity contribution is -0.156. The van der Waals surface area contributed by atoms with Gasteiger partial charge in [-0.05, 0) is 43.4 Å². The Balaban J connectivity index is 2.12. The van der Waals surface area contributed by atoms with Crippen molar-refractivity contribution in [3.05, 3.63) is 35.6 Å². The van der Waals surface area contributed by atoms with Gasteiger partial charge in [0.1, 0.15) is 11.4 Å². The molecule has 2 nitrogen and oxygen atoms in total. The molecule has 0 aliphatic heterocycles. The molecule has 0 saturated heterocycles. The van der Waals surface area contributed by atoms with E-state index in [1.807, 2.05) is 0 Å². The Bertz CT molecular complexity index is 391. The summed E-state index contributed by atoms with van der Waals surface area (Å²) in [6.07, 6.45) is 4.68. The quantitative estimate of drug-likeness (QED) is 0.753. The summed E-state index contributed by atoms with van der Waals surface area (Å²) in [7, 11) is 0. The predicted octanol–water partition coefficient (Wildman–Crippen LogP) is 3.24. The molecule has 1 fully saturated rings. The van der Waals surface area contributed by atoms with Crippen molar-refractivity contribution in [2.75, 3.05) is 0 Å². The zero-order chi connectivity index (χ0) is 12.3. The molecule has 0 unspecified atom stereocenters. The minimum absolute atomic E-state index is 0.228. The van der Waals surface area contributed by atoms with E-state index in [9.17, 15) is 9.18 Å². The van der Waals surface area contributed by atoms with Gasteiger partial charge in [-0.25, -0.2) is 4.39 Å². The molecule has 0 aromatic heterocycles. The topological polar surface area (TPSA) is 26.3 Å². The van der Waals surface area contributed by atoms with Gasteiger partial charge in [0.15, 0.2) is 0 Å². The van der Waals surface area contributed by atoms with Crippen molar-refractivity contribution >= 4 is 5.97 Å². The lowest BCUT2D eigenvalue weighted by atomic mass is 9.92. The van der Waals surface area contributed by atoms with Crippen molar-refractivity contribution < 1.29 is 13.9 Å². The first-order chi connectivity index (χ1) is 8.10. The number of hydrogen-bond acceptors (Lipinski definition) is 2. The van der Waals surface area contributed by atoms with Crippen molar-refractivity contribution in [1.29, 1.82) is 0 Å². The number of benzene rings is 1. The highest BCUT2D eigenvalue weighted by atomic mass is 19.1. The third-order valence-corrected chi connectivity index (χ3v) is 3.31. The van der Waals surface area contributed by atoms with Gasteiger partial charge in [0.2, 0.25) is 0 Å². The third kappa shape index (κ3) is 3.05. The monoisotopic (exact) mass is 236 g/mol. The summed E-state index contributed by atoms with van der Waals surface area (Å²) in [4.78, 5) is 11.2. The van der Waals surface area contributed by atoms with Gasteiger partial charge in [0, 0.05) is 13.3 Å². The van der Waals surface area contributed by atoms with E-state index in [0.29, 0.717) is 6.42 Å². The summed E-state index contributed by atoms with van der Waals surface area (Å²) in [6.45, 7) is 1.45. The number of carbonyl (C=O) groups excluding carboxylic acids is 1. The lowest BCUT2D eigenvalue weighted by Crippen LogP contribution is -2.33. The van der Waals surface area contributed by atoms with E-state index >= 15 is 0 Å². The van der Waals surface area contributed by atoms with Crippen LogP contribution in [-0.2, 0) is 16.0 Å². The molecule has 1 aliphatic carbocycles. The summed E-state index contributed by atoms with van der Waals surface area (Å²) in [5, 5.41) is 0. The molecule has 0 N–H and O–H groups in total. The molecular weight excluding hydrogens is 219 g/mol. The Morgan fingerprint density at radius 3 is 2.41 bits per heavy atom. The Morgan fingerprint density at radius 1 is 1.29 bits per heavy atom. The van der Waals surface area contributed by atoms with Crippen molar-refractivity contribution in [3.63, 3.8) is 0 Å². The number of ether oxygens (including phenoxy) is 1. The molecule has 0 spiro atoms. The van der Waals surface area contributed by atoms with Gasteiger partial charge in [-0.2, -0.15) is 0 Å². The van der Waals surface area contributed by atoms with Crippen LogP contribution in [0.1, 0.15) is 38.2 Å². The van der Waals surface area contributed by atoms with E-state index in [-0.39, 0.29) is 17.4 Å². The van der Waals surface area contributed by atoms with E-state index in [2.05, 4.69) is 0 Å². The summed E-state index contributed by atoms with van der Waals surface area (Å²) in [5.41, 5.74) is 0.665. The molecule has 0 bridgehead atoms. The number of carbonyl (C=O) groups is 1. The lowest BCUT2D eigenvalue weighted by Gasteiger charge is -2.28. The summed E-state index contributed by atoms with van der Waals surface area (Å²) in [5.74, 6) is -0.462. The average molecular weight is 236 g/mol. The molecule has 17 heavy (non-hydrogen) atoms. The van der Waals surface area contributed by atoms with E-state index in [0.717, 1.165) is 31.2 Å². The van der Waals surface area contributed by atoms with Gasteiger partial charge in [-0.15, -0.1) is 0 Å². The van der Waals surface area contributed by atoms with Crippen molar-refractivity contribution in [2.24, 2.45) is 0 Å². The molecule has 1 aromatic rings. The zero-order valence-electron chi connectivity index (χ0n) is 10.0. The van der Waals surface area contributed by atoms with Gasteiger partial charge in [-0.1, -0.05) is 12.1 Å². The van der Waals surface area contributed by atoms with Crippen LogP contribution in [0, 0.1) is 5.82 Å². The standard InChI is InChI=1S/C14H17FO2/c1-11(16)17-14(8-2-3-9-14)10-12-4-6-13(15)7-5-12/h4-7H,2-3,8-10H2,1H3. The number of halogens is 1. The number of hydrogen-bond donors (Lipinski definition) is 0. The van der Waals surface area contributed by atoms with Crippen LogP contribution in [0.2, 0.25) is 0 Å². The zero-order valence-corrected chi connectivity index (χ0v) is 10.0. The number of esters is 1. The molecule has 92 valence electrons. The van der Waals surface area contributed by atoms with Crippen LogP contribution in [0.5, 0.6) is 0 Å². The predicted molar refractivity (Wildman–Crippen MR) is 63.1 cm³/mol. The largest absolute Gasteiger partial charge is 0.459 e. The normalized spacial score (nSPS) is 18.0. The first kappa shape index (κ1) is 12.1. The van der Waals surface area contributed by atoms with Crippen LogP contribution >= 0.6 is 0 Å². The van der Waals surface area contributed by atoms with E-state index < -0.39 is 0 Å². The van der Waals surface area contributed by atoms with Crippen molar-refractivity contribution in [1.82, 2.24) is 0 Å². The molecule has 1 aromatic carbocycles. The first-order valence-corrected chi connectivity index (χ1v) is 6.04. The van der Waals surface area contributed by atoms with Gasteiger partial charge in [-0.3, -0.25) is 4.79 Å².